The number of nitrogens with zero attached hydrogens (tertiary/aromatic N) is 1. The van der Waals surface area contributed by atoms with Crippen LogP contribution in [-0.4, -0.2) is 10.9 Å². The van der Waals surface area contributed by atoms with Gasteiger partial charge in [0, 0.05) is 23.9 Å². The van der Waals surface area contributed by atoms with Crippen LogP contribution >= 0.6 is 0 Å². The topological polar surface area (TPSA) is 56.0 Å². The Balaban J connectivity index is 1.83. The van der Waals surface area contributed by atoms with Gasteiger partial charge in [0.1, 0.15) is 0 Å². The van der Waals surface area contributed by atoms with Gasteiger partial charge in [0.05, 0.1) is 0 Å². The molecule has 3 heteroatoms. The summed E-state index contributed by atoms with van der Waals surface area (Å²) in [4.78, 5) is 16.1. The van der Waals surface area contributed by atoms with Gasteiger partial charge in [-0.3, -0.25) is 9.78 Å². The van der Waals surface area contributed by atoms with Crippen molar-refractivity contribution in [1.82, 2.24) is 4.98 Å². The van der Waals surface area contributed by atoms with Gasteiger partial charge in [-0.2, -0.15) is 0 Å². The van der Waals surface area contributed by atoms with E-state index in [0.29, 0.717) is 5.56 Å². The molecule has 0 radical (unpaired) electrons. The smallest absolute Gasteiger partial charge is 0.248 e. The minimum atomic E-state index is -0.404. The van der Waals surface area contributed by atoms with Crippen LogP contribution in [0.4, 0.5) is 0 Å². The first-order valence-electron chi connectivity index (χ1n) is 8.96. The average Bonchev–Trinajstić information content (AvgIpc) is 2.73. The van der Waals surface area contributed by atoms with Gasteiger partial charge in [0.25, 0.3) is 0 Å². The first-order valence-corrected chi connectivity index (χ1v) is 8.96. The second-order valence-electron chi connectivity index (χ2n) is 6.73. The van der Waals surface area contributed by atoms with Crippen molar-refractivity contribution in [3.8, 4) is 11.1 Å². The van der Waals surface area contributed by atoms with Crippen LogP contribution in [0.15, 0.2) is 85.2 Å². The number of amides is 1. The standard InChI is InChI=1S/C24H20N2O/c1-16(19-7-6-17-4-2-3-5-20(17)14-19)23-15-21(8-9-22(23)24(25)27)18-10-12-26-13-11-18/h2-16H,1H3,(H2,25,27)/t16-/m0/s1. The molecule has 0 aliphatic rings. The molecule has 2 N–H and O–H groups in total. The van der Waals surface area contributed by atoms with E-state index in [2.05, 4.69) is 48.3 Å². The fourth-order valence-corrected chi connectivity index (χ4v) is 3.53. The van der Waals surface area contributed by atoms with Crippen LogP contribution in [-0.2, 0) is 0 Å². The highest BCUT2D eigenvalue weighted by Gasteiger charge is 2.17. The predicted molar refractivity (Wildman–Crippen MR) is 110 cm³/mol. The van der Waals surface area contributed by atoms with Crippen LogP contribution in [0.2, 0.25) is 0 Å². The fraction of sp³-hybridized carbons (Fsp3) is 0.0833. The Morgan fingerprint density at radius 3 is 2.33 bits per heavy atom. The number of hydrogen-bond donors (Lipinski definition) is 1. The maximum atomic E-state index is 12.0. The number of aromatic nitrogens is 1. The normalized spacial score (nSPS) is 12.0. The van der Waals surface area contributed by atoms with Crippen LogP contribution < -0.4 is 5.73 Å². The maximum absolute atomic E-state index is 12.0. The minimum absolute atomic E-state index is 0.0406. The minimum Gasteiger partial charge on any atom is -0.366 e. The van der Waals surface area contributed by atoms with Gasteiger partial charge in [0.15, 0.2) is 0 Å². The van der Waals surface area contributed by atoms with E-state index in [1.165, 1.54) is 10.8 Å². The summed E-state index contributed by atoms with van der Waals surface area (Å²) >= 11 is 0. The molecule has 0 saturated carbocycles. The largest absolute Gasteiger partial charge is 0.366 e. The third-order valence-electron chi connectivity index (χ3n) is 5.07. The number of pyridine rings is 1. The molecule has 0 spiro atoms. The van der Waals surface area contributed by atoms with Crippen molar-refractivity contribution in [2.75, 3.05) is 0 Å². The van der Waals surface area contributed by atoms with E-state index in [9.17, 15) is 4.79 Å². The number of benzene rings is 3. The third-order valence-corrected chi connectivity index (χ3v) is 5.07. The van der Waals surface area contributed by atoms with Crippen molar-refractivity contribution in [1.29, 1.82) is 0 Å². The Morgan fingerprint density at radius 2 is 1.59 bits per heavy atom. The summed E-state index contributed by atoms with van der Waals surface area (Å²) in [5.74, 6) is -0.363. The molecule has 132 valence electrons. The third kappa shape index (κ3) is 3.32. The Morgan fingerprint density at radius 1 is 0.852 bits per heavy atom. The second-order valence-corrected chi connectivity index (χ2v) is 6.73. The number of nitrogens with two attached hydrogens (primary N) is 1. The molecule has 1 aromatic heterocycles. The summed E-state index contributed by atoms with van der Waals surface area (Å²) in [7, 11) is 0. The monoisotopic (exact) mass is 352 g/mol. The van der Waals surface area contributed by atoms with Gasteiger partial charge in [-0.25, -0.2) is 0 Å². The quantitative estimate of drug-likeness (QED) is 0.552. The summed E-state index contributed by atoms with van der Waals surface area (Å²) in [5.41, 5.74) is 10.4. The van der Waals surface area contributed by atoms with E-state index in [4.69, 9.17) is 5.73 Å². The van der Waals surface area contributed by atoms with Crippen LogP contribution in [0.25, 0.3) is 21.9 Å². The first-order chi connectivity index (χ1) is 13.1. The first kappa shape index (κ1) is 17.0. The van der Waals surface area contributed by atoms with Crippen molar-refractivity contribution in [2.45, 2.75) is 12.8 Å². The number of rotatable bonds is 4. The number of hydrogen-bond acceptors (Lipinski definition) is 2. The van der Waals surface area contributed by atoms with Gasteiger partial charge in [0.2, 0.25) is 5.91 Å². The van der Waals surface area contributed by atoms with E-state index in [-0.39, 0.29) is 5.92 Å². The van der Waals surface area contributed by atoms with Crippen LogP contribution in [0.3, 0.4) is 0 Å². The molecular weight excluding hydrogens is 332 g/mol. The Kier molecular flexibility index (Phi) is 4.43. The highest BCUT2D eigenvalue weighted by Crippen LogP contribution is 2.32. The zero-order valence-electron chi connectivity index (χ0n) is 15.1. The number of fused-ring (bicyclic) bond motifs is 1. The summed E-state index contributed by atoms with van der Waals surface area (Å²) in [5, 5.41) is 2.39. The zero-order valence-corrected chi connectivity index (χ0v) is 15.1. The number of carbonyl (C=O) groups excluding carboxylic acids is 1. The lowest BCUT2D eigenvalue weighted by molar-refractivity contribution is 0.0999. The molecule has 1 heterocycles. The molecule has 3 nitrogen and oxygen atoms in total. The Labute approximate surface area is 158 Å². The van der Waals surface area contributed by atoms with E-state index in [0.717, 1.165) is 22.3 Å². The molecule has 27 heavy (non-hydrogen) atoms. The molecular formula is C24H20N2O. The van der Waals surface area contributed by atoms with Gasteiger partial charge in [-0.05, 0) is 57.3 Å². The number of carbonyl (C=O) groups is 1. The molecule has 0 unspecified atom stereocenters. The van der Waals surface area contributed by atoms with E-state index in [1.54, 1.807) is 12.4 Å². The average molecular weight is 352 g/mol. The number of primary amides is 1. The van der Waals surface area contributed by atoms with Crippen molar-refractivity contribution < 1.29 is 4.79 Å². The fourth-order valence-electron chi connectivity index (χ4n) is 3.53. The van der Waals surface area contributed by atoms with Crippen LogP contribution in [0.1, 0.15) is 34.3 Å². The van der Waals surface area contributed by atoms with E-state index >= 15 is 0 Å². The second kappa shape index (κ2) is 7.04. The van der Waals surface area contributed by atoms with Gasteiger partial charge in [-0.1, -0.05) is 55.5 Å². The zero-order chi connectivity index (χ0) is 18.8. The predicted octanol–water partition coefficient (Wildman–Crippen LogP) is 5.15. The highest BCUT2D eigenvalue weighted by atomic mass is 16.1. The summed E-state index contributed by atoms with van der Waals surface area (Å²) in [6.45, 7) is 2.11. The van der Waals surface area contributed by atoms with Crippen molar-refractivity contribution in [3.63, 3.8) is 0 Å². The lowest BCUT2D eigenvalue weighted by atomic mass is 9.86. The molecule has 0 aliphatic carbocycles. The molecule has 0 saturated heterocycles. The molecule has 0 aliphatic heterocycles. The van der Waals surface area contributed by atoms with E-state index in [1.807, 2.05) is 36.4 Å². The summed E-state index contributed by atoms with van der Waals surface area (Å²) in [6.07, 6.45) is 3.54. The maximum Gasteiger partial charge on any atom is 0.248 e. The van der Waals surface area contributed by atoms with Gasteiger partial charge < -0.3 is 5.73 Å². The SMILES string of the molecule is C[C@@H](c1ccc2ccccc2c1)c1cc(-c2ccncc2)ccc1C(N)=O. The van der Waals surface area contributed by atoms with Crippen LogP contribution in [0, 0.1) is 0 Å². The Hall–Kier alpha value is -3.46. The van der Waals surface area contributed by atoms with Crippen molar-refractivity contribution >= 4 is 16.7 Å². The molecule has 4 aromatic rings. The molecule has 4 rings (SSSR count). The molecule has 0 bridgehead atoms. The van der Waals surface area contributed by atoms with Gasteiger partial charge in [-0.15, -0.1) is 0 Å². The summed E-state index contributed by atoms with van der Waals surface area (Å²) in [6, 6.07) is 24.5. The summed E-state index contributed by atoms with van der Waals surface area (Å²) < 4.78 is 0. The molecule has 3 aromatic carbocycles. The Bertz CT molecular complexity index is 1120. The van der Waals surface area contributed by atoms with Crippen LogP contribution in [0.5, 0.6) is 0 Å². The highest BCUT2D eigenvalue weighted by molar-refractivity contribution is 5.95. The van der Waals surface area contributed by atoms with Gasteiger partial charge >= 0.3 is 0 Å². The van der Waals surface area contributed by atoms with E-state index < -0.39 is 5.91 Å². The lowest BCUT2D eigenvalue weighted by Gasteiger charge is -2.18. The van der Waals surface area contributed by atoms with Crippen molar-refractivity contribution in [3.05, 3.63) is 102 Å². The lowest BCUT2D eigenvalue weighted by Crippen LogP contribution is -2.15. The molecule has 1 amide bonds. The molecule has 1 atom stereocenters. The van der Waals surface area contributed by atoms with Crippen molar-refractivity contribution in [2.24, 2.45) is 5.73 Å². The molecule has 0 fully saturated rings.